The van der Waals surface area contributed by atoms with Gasteiger partial charge in [0.15, 0.2) is 0 Å². The molecule has 0 atom stereocenters. The van der Waals surface area contributed by atoms with E-state index in [2.05, 4.69) is 21.5 Å². The Bertz CT molecular complexity index is 54.0. The molecule has 0 unspecified atom stereocenters. The predicted molar refractivity (Wildman–Crippen MR) is 51.0 cm³/mol. The second-order valence-corrected chi connectivity index (χ2v) is 3.06. The highest BCUT2D eigenvalue weighted by molar-refractivity contribution is 4.56. The summed E-state index contributed by atoms with van der Waals surface area (Å²) in [6.45, 7) is 6.51. The third kappa shape index (κ3) is 5.49. The second kappa shape index (κ2) is 7.49. The van der Waals surface area contributed by atoms with Gasteiger partial charge in [0.1, 0.15) is 0 Å². The lowest BCUT2D eigenvalue weighted by molar-refractivity contribution is 0.476. The molecule has 1 heterocycles. The maximum atomic E-state index is 3.37. The molecule has 0 bridgehead atoms. The number of hydrogen-bond acceptors (Lipinski definition) is 4. The largest absolute Gasteiger partial charge is 0.315 e. The molecule has 1 saturated heterocycles. The van der Waals surface area contributed by atoms with Crippen molar-refractivity contribution in [2.24, 2.45) is 0 Å². The fourth-order valence-corrected chi connectivity index (χ4v) is 1.21. The molecule has 4 heteroatoms. The maximum Gasteiger partial charge on any atom is 0.0112 e. The van der Waals surface area contributed by atoms with Gasteiger partial charge in [-0.25, -0.2) is 0 Å². The number of hydrazine groups is 1. The Morgan fingerprint density at radius 2 is 1.00 bits per heavy atom. The highest BCUT2D eigenvalue weighted by atomic mass is 15.3. The summed E-state index contributed by atoms with van der Waals surface area (Å²) in [5.41, 5.74) is 6.37. The molecule has 0 radical (unpaired) electrons. The molecule has 0 aromatic heterocycles. The first kappa shape index (κ1) is 9.92. The van der Waals surface area contributed by atoms with Crippen LogP contribution in [-0.2, 0) is 0 Å². The van der Waals surface area contributed by atoms with Crippen LogP contribution < -0.4 is 21.5 Å². The molecular weight excluding hydrogens is 152 g/mol. The number of nitrogens with one attached hydrogen (secondary N) is 4. The van der Waals surface area contributed by atoms with Gasteiger partial charge in [-0.15, -0.1) is 0 Å². The Morgan fingerprint density at radius 3 is 1.50 bits per heavy atom. The van der Waals surface area contributed by atoms with Crippen LogP contribution in [0.5, 0.6) is 0 Å². The lowest BCUT2D eigenvalue weighted by Gasteiger charge is -2.11. The first-order chi connectivity index (χ1) is 6.00. The molecule has 0 spiro atoms. The molecule has 0 aromatic carbocycles. The summed E-state index contributed by atoms with van der Waals surface area (Å²) >= 11 is 0. The minimum atomic E-state index is 1.06. The zero-order chi connectivity index (χ0) is 8.49. The summed E-state index contributed by atoms with van der Waals surface area (Å²) in [6.07, 6.45) is 2.38. The first-order valence-corrected chi connectivity index (χ1v) is 4.87. The monoisotopic (exact) mass is 172 g/mol. The summed E-state index contributed by atoms with van der Waals surface area (Å²) < 4.78 is 0. The van der Waals surface area contributed by atoms with Crippen molar-refractivity contribution in [3.8, 4) is 0 Å². The summed E-state index contributed by atoms with van der Waals surface area (Å²) in [5.74, 6) is 0. The number of rotatable bonds is 0. The van der Waals surface area contributed by atoms with Gasteiger partial charge in [-0.1, -0.05) is 0 Å². The van der Waals surface area contributed by atoms with Crippen molar-refractivity contribution in [1.82, 2.24) is 21.5 Å². The third-order valence-corrected chi connectivity index (χ3v) is 1.91. The molecule has 4 nitrogen and oxygen atoms in total. The van der Waals surface area contributed by atoms with Gasteiger partial charge in [-0.3, -0.25) is 10.9 Å². The van der Waals surface area contributed by atoms with Crippen LogP contribution in [0, 0.1) is 0 Å². The van der Waals surface area contributed by atoms with Crippen LogP contribution in [0.3, 0.4) is 0 Å². The zero-order valence-corrected chi connectivity index (χ0v) is 7.66. The molecule has 4 N–H and O–H groups in total. The summed E-state index contributed by atoms with van der Waals surface area (Å²) in [7, 11) is 0. The average Bonchev–Trinajstić information content (AvgIpc) is 2.05. The van der Waals surface area contributed by atoms with Crippen LogP contribution in [0.25, 0.3) is 0 Å². The van der Waals surface area contributed by atoms with Gasteiger partial charge in [0, 0.05) is 26.2 Å². The van der Waals surface area contributed by atoms with Crippen LogP contribution >= 0.6 is 0 Å². The standard InChI is InChI=1S/C8H20N4/c1-3-9-7-8-10-4-2-6-12-11-5-1/h9-12H,1-8H2. The predicted octanol–water partition coefficient (Wildman–Crippen LogP) is -0.946. The highest BCUT2D eigenvalue weighted by Crippen LogP contribution is 1.75. The smallest absolute Gasteiger partial charge is 0.0112 e. The van der Waals surface area contributed by atoms with Crippen molar-refractivity contribution in [2.45, 2.75) is 12.8 Å². The number of hydrogen-bond donors (Lipinski definition) is 4. The van der Waals surface area contributed by atoms with E-state index in [1.54, 1.807) is 0 Å². The molecule has 72 valence electrons. The van der Waals surface area contributed by atoms with Gasteiger partial charge in [-0.05, 0) is 25.9 Å². The first-order valence-electron chi connectivity index (χ1n) is 4.87. The molecule has 12 heavy (non-hydrogen) atoms. The lowest BCUT2D eigenvalue weighted by atomic mass is 10.4. The summed E-state index contributed by atoms with van der Waals surface area (Å²) in [4.78, 5) is 0. The molecule has 1 fully saturated rings. The van der Waals surface area contributed by atoms with Crippen molar-refractivity contribution in [1.29, 1.82) is 0 Å². The van der Waals surface area contributed by atoms with Gasteiger partial charge in [0.25, 0.3) is 0 Å². The fraction of sp³-hybridized carbons (Fsp3) is 1.00. The average molecular weight is 172 g/mol. The van der Waals surface area contributed by atoms with Crippen molar-refractivity contribution in [2.75, 3.05) is 39.3 Å². The van der Waals surface area contributed by atoms with E-state index in [0.717, 1.165) is 39.3 Å². The van der Waals surface area contributed by atoms with E-state index in [1.165, 1.54) is 12.8 Å². The molecular formula is C8H20N4. The summed E-state index contributed by atoms with van der Waals surface area (Å²) in [5, 5.41) is 6.75. The van der Waals surface area contributed by atoms with Crippen molar-refractivity contribution in [3.63, 3.8) is 0 Å². The lowest BCUT2D eigenvalue weighted by Crippen LogP contribution is -2.38. The Kier molecular flexibility index (Phi) is 6.19. The molecule has 0 aliphatic carbocycles. The van der Waals surface area contributed by atoms with E-state index in [4.69, 9.17) is 0 Å². The Labute approximate surface area is 74.5 Å². The molecule has 0 amide bonds. The van der Waals surface area contributed by atoms with Crippen molar-refractivity contribution < 1.29 is 0 Å². The van der Waals surface area contributed by atoms with Crippen LogP contribution in [0.15, 0.2) is 0 Å². The van der Waals surface area contributed by atoms with E-state index in [1.807, 2.05) is 0 Å². The quantitative estimate of drug-likeness (QED) is 0.381. The van der Waals surface area contributed by atoms with E-state index >= 15 is 0 Å². The molecule has 0 aromatic rings. The maximum absolute atomic E-state index is 3.37. The topological polar surface area (TPSA) is 48.1 Å². The zero-order valence-electron chi connectivity index (χ0n) is 7.66. The summed E-state index contributed by atoms with van der Waals surface area (Å²) in [6, 6.07) is 0. The van der Waals surface area contributed by atoms with Gasteiger partial charge in [0.2, 0.25) is 0 Å². The van der Waals surface area contributed by atoms with Gasteiger partial charge in [-0.2, -0.15) is 0 Å². The minimum absolute atomic E-state index is 1.06. The van der Waals surface area contributed by atoms with E-state index in [0.29, 0.717) is 0 Å². The molecule has 1 aliphatic rings. The fourth-order valence-electron chi connectivity index (χ4n) is 1.21. The van der Waals surface area contributed by atoms with E-state index in [-0.39, 0.29) is 0 Å². The van der Waals surface area contributed by atoms with Crippen LogP contribution in [-0.4, -0.2) is 39.3 Å². The molecule has 0 saturated carbocycles. The Hall–Kier alpha value is -0.160. The van der Waals surface area contributed by atoms with E-state index < -0.39 is 0 Å². The van der Waals surface area contributed by atoms with E-state index in [9.17, 15) is 0 Å². The van der Waals surface area contributed by atoms with Crippen molar-refractivity contribution in [3.05, 3.63) is 0 Å². The Morgan fingerprint density at radius 1 is 0.500 bits per heavy atom. The highest BCUT2D eigenvalue weighted by Gasteiger charge is 1.92. The third-order valence-electron chi connectivity index (χ3n) is 1.91. The molecule has 1 aliphatic heterocycles. The normalized spacial score (nSPS) is 24.0. The van der Waals surface area contributed by atoms with Crippen LogP contribution in [0.2, 0.25) is 0 Å². The van der Waals surface area contributed by atoms with Gasteiger partial charge >= 0.3 is 0 Å². The van der Waals surface area contributed by atoms with Gasteiger partial charge < -0.3 is 10.6 Å². The van der Waals surface area contributed by atoms with Crippen LogP contribution in [0.1, 0.15) is 12.8 Å². The molecule has 1 rings (SSSR count). The van der Waals surface area contributed by atoms with Gasteiger partial charge in [0.05, 0.1) is 0 Å². The minimum Gasteiger partial charge on any atom is -0.315 e. The van der Waals surface area contributed by atoms with Crippen molar-refractivity contribution >= 4 is 0 Å². The Balaban J connectivity index is 2.00. The SMILES string of the molecule is C1CNCCNCCCNNC1. The van der Waals surface area contributed by atoms with Crippen LogP contribution in [0.4, 0.5) is 0 Å². The second-order valence-electron chi connectivity index (χ2n) is 3.06.